The molecule has 0 N–H and O–H groups in total. The van der Waals surface area contributed by atoms with Crippen molar-refractivity contribution in [2.45, 2.75) is 11.9 Å². The SMILES string of the molecule is O=S(=O)(c1ccccc1)c1ccc(C(Br)(Br)Br)cc1. The zero-order valence-electron chi connectivity index (χ0n) is 9.55. The molecule has 0 aromatic heterocycles. The molecule has 6 heteroatoms. The second kappa shape index (κ2) is 5.68. The standard InChI is InChI=1S/C13H9Br3O2S/c14-13(15,16)10-6-8-12(9-7-10)19(17,18)11-4-2-1-3-5-11/h1-9H. The largest absolute Gasteiger partial charge is 0.219 e. The Morgan fingerprint density at radius 2 is 1.21 bits per heavy atom. The van der Waals surface area contributed by atoms with Crippen LogP contribution in [0.15, 0.2) is 64.4 Å². The Bertz CT molecular complexity index is 659. The van der Waals surface area contributed by atoms with E-state index in [1.165, 1.54) is 0 Å². The van der Waals surface area contributed by atoms with Crippen LogP contribution in [0.3, 0.4) is 0 Å². The van der Waals surface area contributed by atoms with Gasteiger partial charge in [-0.1, -0.05) is 78.1 Å². The predicted molar refractivity (Wildman–Crippen MR) is 86.8 cm³/mol. The van der Waals surface area contributed by atoms with Crippen molar-refractivity contribution >= 4 is 57.6 Å². The molecule has 0 fully saturated rings. The number of hydrogen-bond acceptors (Lipinski definition) is 2. The lowest BCUT2D eigenvalue weighted by Crippen LogP contribution is -2.03. The van der Waals surface area contributed by atoms with Gasteiger partial charge in [0.1, 0.15) is 0 Å². The Hall–Kier alpha value is -0.170. The van der Waals surface area contributed by atoms with E-state index < -0.39 is 12.0 Å². The van der Waals surface area contributed by atoms with Crippen LogP contribution < -0.4 is 0 Å². The summed E-state index contributed by atoms with van der Waals surface area (Å²) in [6.45, 7) is 0. The van der Waals surface area contributed by atoms with Gasteiger partial charge in [-0.05, 0) is 29.8 Å². The van der Waals surface area contributed by atoms with Gasteiger partial charge in [0.15, 0.2) is 2.14 Å². The van der Waals surface area contributed by atoms with Crippen LogP contribution in [0, 0.1) is 0 Å². The van der Waals surface area contributed by atoms with E-state index in [1.54, 1.807) is 54.6 Å². The molecule has 19 heavy (non-hydrogen) atoms. The van der Waals surface area contributed by atoms with Crippen LogP contribution in [0.5, 0.6) is 0 Å². The molecule has 0 atom stereocenters. The highest BCUT2D eigenvalue weighted by Gasteiger charge is 2.22. The highest BCUT2D eigenvalue weighted by atomic mass is 80.0. The van der Waals surface area contributed by atoms with E-state index >= 15 is 0 Å². The predicted octanol–water partition coefficient (Wildman–Crippen LogP) is 4.81. The van der Waals surface area contributed by atoms with Crippen LogP contribution in [-0.4, -0.2) is 8.42 Å². The Balaban J connectivity index is 2.43. The van der Waals surface area contributed by atoms with Crippen LogP contribution in [0.25, 0.3) is 0 Å². The van der Waals surface area contributed by atoms with Gasteiger partial charge < -0.3 is 0 Å². The van der Waals surface area contributed by atoms with Gasteiger partial charge in [0.25, 0.3) is 0 Å². The molecule has 0 aliphatic carbocycles. The third-order valence-electron chi connectivity index (χ3n) is 2.55. The second-order valence-corrected chi connectivity index (χ2v) is 12.5. The van der Waals surface area contributed by atoms with Crippen molar-refractivity contribution in [1.82, 2.24) is 0 Å². The van der Waals surface area contributed by atoms with Crippen LogP contribution in [-0.2, 0) is 12.0 Å². The van der Waals surface area contributed by atoms with E-state index in [1.807, 2.05) is 0 Å². The van der Waals surface area contributed by atoms with E-state index in [2.05, 4.69) is 47.8 Å². The van der Waals surface area contributed by atoms with Crippen molar-refractivity contribution in [2.24, 2.45) is 0 Å². The second-order valence-electron chi connectivity index (χ2n) is 3.84. The van der Waals surface area contributed by atoms with Gasteiger partial charge in [-0.3, -0.25) is 0 Å². The summed E-state index contributed by atoms with van der Waals surface area (Å²) < 4.78 is 24.2. The molecule has 2 aromatic carbocycles. The van der Waals surface area contributed by atoms with E-state index in [0.29, 0.717) is 4.90 Å². The van der Waals surface area contributed by atoms with Crippen LogP contribution in [0.4, 0.5) is 0 Å². The topological polar surface area (TPSA) is 34.1 Å². The molecule has 2 aromatic rings. The number of rotatable bonds is 2. The Morgan fingerprint density at radius 3 is 1.68 bits per heavy atom. The summed E-state index contributed by atoms with van der Waals surface area (Å²) in [5.74, 6) is 0. The average Bonchev–Trinajstić information content (AvgIpc) is 2.39. The van der Waals surface area contributed by atoms with E-state index in [-0.39, 0.29) is 4.90 Å². The zero-order valence-corrected chi connectivity index (χ0v) is 15.1. The summed E-state index contributed by atoms with van der Waals surface area (Å²) in [5, 5.41) is 0. The molecular weight excluding hydrogens is 460 g/mol. The van der Waals surface area contributed by atoms with E-state index in [9.17, 15) is 8.42 Å². The highest BCUT2D eigenvalue weighted by Crippen LogP contribution is 2.44. The molecule has 0 unspecified atom stereocenters. The molecule has 0 spiro atoms. The molecular formula is C13H9Br3O2S. The van der Waals surface area contributed by atoms with Crippen LogP contribution in [0.1, 0.15) is 5.56 Å². The first-order valence-electron chi connectivity index (χ1n) is 5.29. The molecule has 0 bridgehead atoms. The Kier molecular flexibility index (Phi) is 4.55. The molecule has 100 valence electrons. The van der Waals surface area contributed by atoms with Crippen molar-refractivity contribution < 1.29 is 8.42 Å². The summed E-state index contributed by atoms with van der Waals surface area (Å²) in [4.78, 5) is 0.574. The lowest BCUT2D eigenvalue weighted by Gasteiger charge is -2.13. The molecule has 0 aliphatic rings. The first kappa shape index (κ1) is 15.2. The number of benzene rings is 2. The van der Waals surface area contributed by atoms with E-state index in [4.69, 9.17) is 0 Å². The fourth-order valence-corrected chi connectivity index (χ4v) is 3.63. The molecule has 0 saturated carbocycles. The zero-order chi connectivity index (χ0) is 14.1. The maximum atomic E-state index is 12.4. The monoisotopic (exact) mass is 466 g/mol. The highest BCUT2D eigenvalue weighted by molar-refractivity contribution is 9.38. The molecule has 0 heterocycles. The smallest absolute Gasteiger partial charge is 0.206 e. The van der Waals surface area contributed by atoms with Gasteiger partial charge in [-0.25, -0.2) is 8.42 Å². The fraction of sp³-hybridized carbons (Fsp3) is 0.0769. The van der Waals surface area contributed by atoms with E-state index in [0.717, 1.165) is 5.56 Å². The summed E-state index contributed by atoms with van der Waals surface area (Å²) in [6.07, 6.45) is 0. The summed E-state index contributed by atoms with van der Waals surface area (Å²) in [5.41, 5.74) is 0.875. The number of sulfone groups is 1. The molecule has 0 amide bonds. The molecule has 2 rings (SSSR count). The van der Waals surface area contributed by atoms with Gasteiger partial charge in [0.05, 0.1) is 9.79 Å². The van der Waals surface area contributed by atoms with Crippen molar-refractivity contribution in [1.29, 1.82) is 0 Å². The Labute approximate surface area is 137 Å². The van der Waals surface area contributed by atoms with Crippen molar-refractivity contribution in [3.63, 3.8) is 0 Å². The van der Waals surface area contributed by atoms with Gasteiger partial charge in [-0.2, -0.15) is 0 Å². The molecule has 0 saturated heterocycles. The summed E-state index contributed by atoms with van der Waals surface area (Å²) in [6, 6.07) is 15.1. The lowest BCUT2D eigenvalue weighted by atomic mass is 10.2. The minimum absolute atomic E-state index is 0.277. The quantitative estimate of drug-likeness (QED) is 0.592. The normalized spacial score (nSPS) is 12.4. The number of alkyl halides is 3. The van der Waals surface area contributed by atoms with Crippen molar-refractivity contribution in [3.05, 3.63) is 60.2 Å². The van der Waals surface area contributed by atoms with Gasteiger partial charge in [-0.15, -0.1) is 0 Å². The maximum absolute atomic E-state index is 12.4. The fourth-order valence-electron chi connectivity index (χ4n) is 1.56. The first-order valence-corrected chi connectivity index (χ1v) is 9.15. The summed E-state index contributed by atoms with van der Waals surface area (Å²) in [7, 11) is -3.45. The van der Waals surface area contributed by atoms with Gasteiger partial charge in [0.2, 0.25) is 9.84 Å². The van der Waals surface area contributed by atoms with Crippen LogP contribution >= 0.6 is 47.8 Å². The minimum atomic E-state index is -3.45. The average molecular weight is 469 g/mol. The molecule has 0 aliphatic heterocycles. The van der Waals surface area contributed by atoms with Crippen molar-refractivity contribution in [2.75, 3.05) is 0 Å². The lowest BCUT2D eigenvalue weighted by molar-refractivity contribution is 0.596. The third-order valence-corrected chi connectivity index (χ3v) is 5.70. The van der Waals surface area contributed by atoms with Gasteiger partial charge >= 0.3 is 0 Å². The molecule has 0 radical (unpaired) electrons. The Morgan fingerprint density at radius 1 is 0.737 bits per heavy atom. The van der Waals surface area contributed by atoms with Crippen molar-refractivity contribution in [3.8, 4) is 0 Å². The van der Waals surface area contributed by atoms with Gasteiger partial charge in [0, 0.05) is 0 Å². The number of halogens is 3. The maximum Gasteiger partial charge on any atom is 0.206 e. The third kappa shape index (κ3) is 3.48. The minimum Gasteiger partial charge on any atom is -0.219 e. The first-order chi connectivity index (χ1) is 8.82. The molecule has 2 nitrogen and oxygen atoms in total. The number of hydrogen-bond donors (Lipinski definition) is 0. The van der Waals surface area contributed by atoms with Crippen LogP contribution in [0.2, 0.25) is 0 Å². The summed E-state index contributed by atoms with van der Waals surface area (Å²) >= 11 is 10.2.